The maximum Gasteiger partial charge on any atom is 0.216 e. The van der Waals surface area contributed by atoms with Crippen molar-refractivity contribution in [3.8, 4) is 11.3 Å². The van der Waals surface area contributed by atoms with Crippen LogP contribution in [-0.4, -0.2) is 21.1 Å². The van der Waals surface area contributed by atoms with Gasteiger partial charge in [0, 0.05) is 5.56 Å². The van der Waals surface area contributed by atoms with E-state index in [0.29, 0.717) is 22.1 Å². The quantitative estimate of drug-likeness (QED) is 0.595. The van der Waals surface area contributed by atoms with E-state index in [1.165, 1.54) is 16.8 Å². The van der Waals surface area contributed by atoms with E-state index in [1.807, 2.05) is 0 Å². The van der Waals surface area contributed by atoms with Crippen LogP contribution in [0.15, 0.2) is 45.9 Å². The fraction of sp³-hybridized carbons (Fsp3) is 0.0714. The number of nitrogens with zero attached hydrogens (tertiary/aromatic N) is 3. The monoisotopic (exact) mass is 302 g/mol. The lowest BCUT2D eigenvalue weighted by molar-refractivity contribution is 0.573. The maximum absolute atomic E-state index is 12.9. The molecule has 3 rings (SSSR count). The minimum atomic E-state index is -0.281. The van der Waals surface area contributed by atoms with E-state index >= 15 is 0 Å². The van der Waals surface area contributed by atoms with Gasteiger partial charge in [-0.05, 0) is 55.5 Å². The SMILES string of the molecule is Cc1n[nH]c(=S)n1/N=C\c1ccc(-c2ccc(F)cc2)o1. The first kappa shape index (κ1) is 13.4. The van der Waals surface area contributed by atoms with Crippen LogP contribution in [0.1, 0.15) is 11.6 Å². The summed E-state index contributed by atoms with van der Waals surface area (Å²) in [6.07, 6.45) is 1.55. The molecule has 2 heterocycles. The molecule has 0 fully saturated rings. The number of aromatic amines is 1. The van der Waals surface area contributed by atoms with E-state index in [1.54, 1.807) is 37.4 Å². The van der Waals surface area contributed by atoms with Crippen molar-refractivity contribution in [2.24, 2.45) is 5.10 Å². The molecule has 0 amide bonds. The zero-order valence-electron chi connectivity index (χ0n) is 11.1. The van der Waals surface area contributed by atoms with E-state index in [9.17, 15) is 4.39 Å². The maximum atomic E-state index is 12.9. The molecule has 1 aromatic carbocycles. The van der Waals surface area contributed by atoms with Gasteiger partial charge in [-0.3, -0.25) is 5.10 Å². The van der Waals surface area contributed by atoms with E-state index in [0.717, 1.165) is 5.56 Å². The van der Waals surface area contributed by atoms with Crippen molar-refractivity contribution in [2.45, 2.75) is 6.92 Å². The van der Waals surface area contributed by atoms with Gasteiger partial charge >= 0.3 is 0 Å². The van der Waals surface area contributed by atoms with Crippen LogP contribution in [-0.2, 0) is 0 Å². The molecule has 7 heteroatoms. The number of benzene rings is 1. The lowest BCUT2D eigenvalue weighted by atomic mass is 10.2. The Hall–Kier alpha value is -2.54. The summed E-state index contributed by atoms with van der Waals surface area (Å²) in [5, 5.41) is 10.8. The van der Waals surface area contributed by atoms with Gasteiger partial charge in [-0.2, -0.15) is 14.9 Å². The van der Waals surface area contributed by atoms with Gasteiger partial charge in [0.25, 0.3) is 0 Å². The minimum Gasteiger partial charge on any atom is -0.455 e. The predicted molar refractivity (Wildman–Crippen MR) is 79.2 cm³/mol. The third-order valence-corrected chi connectivity index (χ3v) is 3.13. The van der Waals surface area contributed by atoms with Crippen molar-refractivity contribution in [3.63, 3.8) is 0 Å². The van der Waals surface area contributed by atoms with Crippen LogP contribution < -0.4 is 0 Å². The molecule has 0 saturated carbocycles. The molecule has 0 unspecified atom stereocenters. The van der Waals surface area contributed by atoms with Gasteiger partial charge in [0.1, 0.15) is 23.2 Å². The highest BCUT2D eigenvalue weighted by molar-refractivity contribution is 7.71. The van der Waals surface area contributed by atoms with Crippen molar-refractivity contribution in [2.75, 3.05) is 0 Å². The van der Waals surface area contributed by atoms with Gasteiger partial charge in [0.05, 0.1) is 6.21 Å². The molecular weight excluding hydrogens is 291 g/mol. The number of furan rings is 1. The van der Waals surface area contributed by atoms with Crippen LogP contribution in [0.5, 0.6) is 0 Å². The Bertz CT molecular complexity index is 844. The van der Waals surface area contributed by atoms with Crippen LogP contribution in [0, 0.1) is 17.5 Å². The molecule has 0 bridgehead atoms. The normalized spacial score (nSPS) is 11.3. The van der Waals surface area contributed by atoms with Gasteiger partial charge < -0.3 is 4.42 Å². The Balaban J connectivity index is 1.85. The molecule has 106 valence electrons. The van der Waals surface area contributed by atoms with E-state index in [4.69, 9.17) is 16.6 Å². The average molecular weight is 302 g/mol. The Morgan fingerprint density at radius 1 is 1.29 bits per heavy atom. The van der Waals surface area contributed by atoms with Gasteiger partial charge in [0.2, 0.25) is 4.77 Å². The number of hydrogen-bond donors (Lipinski definition) is 1. The van der Waals surface area contributed by atoms with Gasteiger partial charge in [-0.25, -0.2) is 4.39 Å². The number of H-pyrrole nitrogens is 1. The van der Waals surface area contributed by atoms with Crippen LogP contribution in [0.25, 0.3) is 11.3 Å². The number of halogens is 1. The molecule has 21 heavy (non-hydrogen) atoms. The standard InChI is InChI=1S/C14H11FN4OS/c1-9-17-18-14(21)19(9)16-8-12-6-7-13(20-12)10-2-4-11(15)5-3-10/h2-8H,1H3,(H,18,21)/b16-8-. The van der Waals surface area contributed by atoms with Crippen molar-refractivity contribution in [3.05, 3.63) is 58.6 Å². The van der Waals surface area contributed by atoms with Gasteiger partial charge in [-0.15, -0.1) is 0 Å². The molecule has 0 atom stereocenters. The lowest BCUT2D eigenvalue weighted by Crippen LogP contribution is -1.92. The Morgan fingerprint density at radius 3 is 2.71 bits per heavy atom. The highest BCUT2D eigenvalue weighted by Gasteiger charge is 2.04. The summed E-state index contributed by atoms with van der Waals surface area (Å²) in [4.78, 5) is 0. The topological polar surface area (TPSA) is 59.1 Å². The highest BCUT2D eigenvalue weighted by atomic mass is 32.1. The van der Waals surface area contributed by atoms with Crippen molar-refractivity contribution in [1.29, 1.82) is 0 Å². The summed E-state index contributed by atoms with van der Waals surface area (Å²) in [5.74, 6) is 1.58. The summed E-state index contributed by atoms with van der Waals surface area (Å²) < 4.78 is 20.4. The zero-order chi connectivity index (χ0) is 14.8. The van der Waals surface area contributed by atoms with Crippen molar-refractivity contribution < 1.29 is 8.81 Å². The van der Waals surface area contributed by atoms with Crippen LogP contribution in [0.3, 0.4) is 0 Å². The summed E-state index contributed by atoms with van der Waals surface area (Å²) in [6.45, 7) is 1.79. The van der Waals surface area contributed by atoms with Gasteiger partial charge in [-0.1, -0.05) is 0 Å². The lowest BCUT2D eigenvalue weighted by Gasteiger charge is -1.96. The highest BCUT2D eigenvalue weighted by Crippen LogP contribution is 2.21. The third-order valence-electron chi connectivity index (χ3n) is 2.87. The molecule has 1 N–H and O–H groups in total. The number of rotatable bonds is 3. The third kappa shape index (κ3) is 2.82. The number of aromatic nitrogens is 3. The van der Waals surface area contributed by atoms with Crippen molar-refractivity contribution >= 4 is 18.4 Å². The molecule has 2 aromatic heterocycles. The fourth-order valence-electron chi connectivity index (χ4n) is 1.81. The molecule has 0 saturated heterocycles. The molecule has 5 nitrogen and oxygen atoms in total. The summed E-state index contributed by atoms with van der Waals surface area (Å²) >= 11 is 5.05. The second-order valence-corrected chi connectivity index (χ2v) is 4.73. The summed E-state index contributed by atoms with van der Waals surface area (Å²) in [5.41, 5.74) is 0.798. The molecular formula is C14H11FN4OS. The zero-order valence-corrected chi connectivity index (χ0v) is 11.9. The minimum absolute atomic E-state index is 0.281. The van der Waals surface area contributed by atoms with Crippen LogP contribution >= 0.6 is 12.2 Å². The first-order valence-corrected chi connectivity index (χ1v) is 6.58. The Labute approximate surface area is 124 Å². The number of nitrogens with one attached hydrogen (secondary N) is 1. The molecule has 0 aliphatic carbocycles. The Morgan fingerprint density at radius 2 is 2.05 bits per heavy atom. The van der Waals surface area contributed by atoms with Crippen molar-refractivity contribution in [1.82, 2.24) is 14.9 Å². The van der Waals surface area contributed by atoms with Crippen LogP contribution in [0.2, 0.25) is 0 Å². The predicted octanol–water partition coefficient (Wildman–Crippen LogP) is 3.53. The second-order valence-electron chi connectivity index (χ2n) is 4.34. The van der Waals surface area contributed by atoms with E-state index < -0.39 is 0 Å². The second kappa shape index (κ2) is 5.45. The number of hydrogen-bond acceptors (Lipinski definition) is 4. The number of aryl methyl sites for hydroxylation is 1. The van der Waals surface area contributed by atoms with Gasteiger partial charge in [0.15, 0.2) is 0 Å². The molecule has 0 spiro atoms. The smallest absolute Gasteiger partial charge is 0.216 e. The molecule has 0 aliphatic heterocycles. The van der Waals surface area contributed by atoms with E-state index in [2.05, 4.69) is 15.3 Å². The fourth-order valence-corrected chi connectivity index (χ4v) is 2.04. The first-order valence-electron chi connectivity index (χ1n) is 6.17. The molecule has 0 radical (unpaired) electrons. The average Bonchev–Trinajstić information content (AvgIpc) is 3.06. The summed E-state index contributed by atoms with van der Waals surface area (Å²) in [7, 11) is 0. The summed E-state index contributed by atoms with van der Waals surface area (Å²) in [6, 6.07) is 9.67. The molecule has 3 aromatic rings. The van der Waals surface area contributed by atoms with E-state index in [-0.39, 0.29) is 5.82 Å². The van der Waals surface area contributed by atoms with Crippen LogP contribution in [0.4, 0.5) is 4.39 Å². The molecule has 0 aliphatic rings. The largest absolute Gasteiger partial charge is 0.455 e. The Kier molecular flexibility index (Phi) is 3.49. The first-order chi connectivity index (χ1) is 10.1.